The highest BCUT2D eigenvalue weighted by molar-refractivity contribution is 7.92. The van der Waals surface area contributed by atoms with E-state index in [1.54, 1.807) is 36.4 Å². The molecule has 24 heavy (non-hydrogen) atoms. The molecule has 0 aliphatic carbocycles. The summed E-state index contributed by atoms with van der Waals surface area (Å²) in [6.07, 6.45) is 1.47. The lowest BCUT2D eigenvalue weighted by Gasteiger charge is -2.09. The number of pyridine rings is 1. The van der Waals surface area contributed by atoms with Crippen molar-refractivity contribution < 1.29 is 13.2 Å². The van der Waals surface area contributed by atoms with Crippen LogP contribution in [0.1, 0.15) is 5.56 Å². The number of aryl methyl sites for hydroxylation is 1. The molecule has 1 N–H and O–H groups in total. The Morgan fingerprint density at radius 2 is 1.58 bits per heavy atom. The van der Waals surface area contributed by atoms with Crippen LogP contribution in [0, 0.1) is 6.92 Å². The van der Waals surface area contributed by atoms with Crippen molar-refractivity contribution in [2.24, 2.45) is 0 Å². The number of benzene rings is 2. The molecule has 0 saturated carbocycles. The number of para-hydroxylation sites is 1. The van der Waals surface area contributed by atoms with E-state index in [-0.39, 0.29) is 10.7 Å². The SMILES string of the molecule is Cc1ccc(S(=O)(=O)Nc2ccc(Oc3ccccc3)cn2)cc1. The standard InChI is InChI=1S/C18H16N2O3S/c1-14-7-10-17(11-8-14)24(21,22)20-18-12-9-16(13-19-18)23-15-5-3-2-4-6-15/h2-13H,1H3,(H,19,20). The van der Waals surface area contributed by atoms with Gasteiger partial charge in [-0.2, -0.15) is 0 Å². The lowest BCUT2D eigenvalue weighted by Crippen LogP contribution is -2.13. The summed E-state index contributed by atoms with van der Waals surface area (Å²) in [6, 6.07) is 19.1. The van der Waals surface area contributed by atoms with Gasteiger partial charge in [0.2, 0.25) is 0 Å². The Morgan fingerprint density at radius 3 is 2.21 bits per heavy atom. The molecule has 6 heteroatoms. The van der Waals surface area contributed by atoms with Crippen LogP contribution >= 0.6 is 0 Å². The van der Waals surface area contributed by atoms with Gasteiger partial charge in [-0.05, 0) is 43.3 Å². The lowest BCUT2D eigenvalue weighted by atomic mass is 10.2. The van der Waals surface area contributed by atoms with Gasteiger partial charge < -0.3 is 4.74 Å². The van der Waals surface area contributed by atoms with E-state index in [9.17, 15) is 8.42 Å². The Kier molecular flexibility index (Phi) is 4.48. The zero-order valence-corrected chi connectivity index (χ0v) is 13.8. The number of anilines is 1. The molecule has 0 fully saturated rings. The Labute approximate surface area is 141 Å². The van der Waals surface area contributed by atoms with Gasteiger partial charge in [-0.3, -0.25) is 4.72 Å². The number of sulfonamides is 1. The van der Waals surface area contributed by atoms with Gasteiger partial charge in [-0.15, -0.1) is 0 Å². The highest BCUT2D eigenvalue weighted by Crippen LogP contribution is 2.22. The fourth-order valence-electron chi connectivity index (χ4n) is 2.04. The molecule has 0 radical (unpaired) electrons. The smallest absolute Gasteiger partial charge is 0.263 e. The van der Waals surface area contributed by atoms with E-state index in [0.29, 0.717) is 11.5 Å². The van der Waals surface area contributed by atoms with Gasteiger partial charge >= 0.3 is 0 Å². The maximum Gasteiger partial charge on any atom is 0.263 e. The third kappa shape index (κ3) is 3.91. The Hall–Kier alpha value is -2.86. The van der Waals surface area contributed by atoms with Crippen LogP contribution in [0.4, 0.5) is 5.82 Å². The summed E-state index contributed by atoms with van der Waals surface area (Å²) in [5, 5.41) is 0. The summed E-state index contributed by atoms with van der Waals surface area (Å²) < 4.78 is 32.7. The van der Waals surface area contributed by atoms with Gasteiger partial charge in [0.05, 0.1) is 11.1 Å². The highest BCUT2D eigenvalue weighted by Gasteiger charge is 2.14. The fraction of sp³-hybridized carbons (Fsp3) is 0.0556. The normalized spacial score (nSPS) is 11.0. The third-order valence-electron chi connectivity index (χ3n) is 3.29. The average molecular weight is 340 g/mol. The zero-order valence-electron chi connectivity index (χ0n) is 13.0. The van der Waals surface area contributed by atoms with Crippen LogP contribution in [0.2, 0.25) is 0 Å². The minimum absolute atomic E-state index is 0.194. The van der Waals surface area contributed by atoms with Crippen molar-refractivity contribution in [2.75, 3.05) is 4.72 Å². The molecular formula is C18H16N2O3S. The molecule has 2 aromatic carbocycles. The van der Waals surface area contributed by atoms with Crippen LogP contribution in [0.15, 0.2) is 77.8 Å². The molecule has 1 aromatic heterocycles. The minimum Gasteiger partial charge on any atom is -0.456 e. The Balaban J connectivity index is 1.73. The van der Waals surface area contributed by atoms with Crippen LogP contribution in [0.3, 0.4) is 0 Å². The van der Waals surface area contributed by atoms with Crippen molar-refractivity contribution in [3.8, 4) is 11.5 Å². The van der Waals surface area contributed by atoms with E-state index in [1.807, 2.05) is 37.3 Å². The van der Waals surface area contributed by atoms with E-state index >= 15 is 0 Å². The summed E-state index contributed by atoms with van der Waals surface area (Å²) >= 11 is 0. The largest absolute Gasteiger partial charge is 0.456 e. The third-order valence-corrected chi connectivity index (χ3v) is 4.66. The second-order valence-electron chi connectivity index (χ2n) is 5.21. The molecule has 0 saturated heterocycles. The lowest BCUT2D eigenvalue weighted by molar-refractivity contribution is 0.480. The monoisotopic (exact) mass is 340 g/mol. The van der Waals surface area contributed by atoms with Crippen molar-refractivity contribution in [1.82, 2.24) is 4.98 Å². The van der Waals surface area contributed by atoms with Crippen molar-refractivity contribution in [3.63, 3.8) is 0 Å². The number of nitrogens with zero attached hydrogens (tertiary/aromatic N) is 1. The molecule has 0 unspecified atom stereocenters. The predicted molar refractivity (Wildman–Crippen MR) is 92.7 cm³/mol. The van der Waals surface area contributed by atoms with E-state index in [1.165, 1.54) is 6.20 Å². The first-order valence-electron chi connectivity index (χ1n) is 7.31. The molecule has 0 bridgehead atoms. The molecule has 0 spiro atoms. The molecule has 1 heterocycles. The minimum atomic E-state index is -3.66. The second kappa shape index (κ2) is 6.72. The molecule has 0 amide bonds. The Bertz CT molecular complexity index is 907. The van der Waals surface area contributed by atoms with E-state index in [0.717, 1.165) is 5.56 Å². The van der Waals surface area contributed by atoms with Gasteiger partial charge in [0.1, 0.15) is 17.3 Å². The first kappa shape index (κ1) is 16.0. The van der Waals surface area contributed by atoms with Gasteiger partial charge in [0.25, 0.3) is 10.0 Å². The van der Waals surface area contributed by atoms with Gasteiger partial charge in [-0.1, -0.05) is 35.9 Å². The molecule has 5 nitrogen and oxygen atoms in total. The first-order valence-corrected chi connectivity index (χ1v) is 8.80. The van der Waals surface area contributed by atoms with Crippen LogP contribution in [-0.2, 0) is 10.0 Å². The Morgan fingerprint density at radius 1 is 0.875 bits per heavy atom. The summed E-state index contributed by atoms with van der Waals surface area (Å²) in [4.78, 5) is 4.28. The summed E-state index contributed by atoms with van der Waals surface area (Å²) in [7, 11) is -3.66. The maximum atomic E-state index is 12.3. The first-order chi connectivity index (χ1) is 11.5. The second-order valence-corrected chi connectivity index (χ2v) is 6.90. The van der Waals surface area contributed by atoms with Crippen LogP contribution in [-0.4, -0.2) is 13.4 Å². The number of hydrogen-bond acceptors (Lipinski definition) is 4. The molecule has 3 rings (SSSR count). The number of aromatic nitrogens is 1. The number of ether oxygens (including phenoxy) is 1. The molecule has 3 aromatic rings. The van der Waals surface area contributed by atoms with Crippen LogP contribution in [0.25, 0.3) is 0 Å². The number of hydrogen-bond donors (Lipinski definition) is 1. The molecule has 0 aliphatic rings. The maximum absolute atomic E-state index is 12.3. The highest BCUT2D eigenvalue weighted by atomic mass is 32.2. The molecule has 122 valence electrons. The predicted octanol–water partition coefficient (Wildman–Crippen LogP) is 3.98. The molecular weight excluding hydrogens is 324 g/mol. The molecule has 0 atom stereocenters. The van der Waals surface area contributed by atoms with Gasteiger partial charge in [-0.25, -0.2) is 13.4 Å². The summed E-state index contributed by atoms with van der Waals surface area (Å²) in [6.45, 7) is 1.90. The fourth-order valence-corrected chi connectivity index (χ4v) is 3.05. The van der Waals surface area contributed by atoms with E-state index in [2.05, 4.69) is 9.71 Å². The van der Waals surface area contributed by atoms with Gasteiger partial charge in [0, 0.05) is 0 Å². The topological polar surface area (TPSA) is 68.3 Å². The van der Waals surface area contributed by atoms with Crippen LogP contribution in [0.5, 0.6) is 11.5 Å². The zero-order chi connectivity index (χ0) is 17.0. The number of nitrogens with one attached hydrogen (secondary N) is 1. The van der Waals surface area contributed by atoms with Crippen LogP contribution < -0.4 is 9.46 Å². The average Bonchev–Trinajstić information content (AvgIpc) is 2.58. The summed E-state index contributed by atoms with van der Waals surface area (Å²) in [5.74, 6) is 1.45. The quantitative estimate of drug-likeness (QED) is 0.763. The van der Waals surface area contributed by atoms with Crippen molar-refractivity contribution in [3.05, 3.63) is 78.5 Å². The molecule has 0 aliphatic heterocycles. The van der Waals surface area contributed by atoms with Gasteiger partial charge in [0.15, 0.2) is 0 Å². The van der Waals surface area contributed by atoms with Crippen molar-refractivity contribution in [1.29, 1.82) is 0 Å². The number of rotatable bonds is 5. The van der Waals surface area contributed by atoms with Crippen molar-refractivity contribution in [2.45, 2.75) is 11.8 Å². The van der Waals surface area contributed by atoms with Crippen molar-refractivity contribution >= 4 is 15.8 Å². The van der Waals surface area contributed by atoms with E-state index < -0.39 is 10.0 Å². The van der Waals surface area contributed by atoms with E-state index in [4.69, 9.17) is 4.74 Å². The summed E-state index contributed by atoms with van der Waals surface area (Å²) in [5.41, 5.74) is 0.995.